The van der Waals surface area contributed by atoms with Gasteiger partial charge < -0.3 is 25.1 Å². The van der Waals surface area contributed by atoms with Crippen molar-refractivity contribution < 1.29 is 24.6 Å². The third kappa shape index (κ3) is 5.09. The molecule has 0 heterocycles. The van der Waals surface area contributed by atoms with Crippen LogP contribution in [0, 0.1) is 5.41 Å². The smallest absolute Gasteiger partial charge is 0.224 e. The molecule has 1 N–H and O–H groups in total. The maximum Gasteiger partial charge on any atom is 0.224 e. The van der Waals surface area contributed by atoms with E-state index in [1.807, 2.05) is 0 Å². The Kier molecular flexibility index (Phi) is 4.85. The summed E-state index contributed by atoms with van der Waals surface area (Å²) in [4.78, 5) is 33.1. The Labute approximate surface area is 116 Å². The minimum Gasteiger partial charge on any atom is -0.550 e. The molecule has 0 saturated heterocycles. The molecule has 0 aliphatic heterocycles. The predicted octanol–water partition coefficient (Wildman–Crippen LogP) is -0.455. The number of aromatic carboxylic acids is 1. The molecule has 6 heteroatoms. The number of carboxylic acids is 2. The number of hydrogen-bond acceptors (Lipinski definition) is 5. The average Bonchev–Trinajstić information content (AvgIpc) is 2.25. The Hall–Kier alpha value is -2.37. The topological polar surface area (TPSA) is 109 Å². The lowest BCUT2D eigenvalue weighted by atomic mass is 9.85. The van der Waals surface area contributed by atoms with Crippen LogP contribution in [0.15, 0.2) is 24.3 Å². The highest BCUT2D eigenvalue weighted by Crippen LogP contribution is 2.25. The summed E-state index contributed by atoms with van der Waals surface area (Å²) in [5.41, 5.74) is -0.465. The van der Waals surface area contributed by atoms with Crippen LogP contribution in [0.3, 0.4) is 0 Å². The summed E-state index contributed by atoms with van der Waals surface area (Å²) in [7, 11) is 0. The number of hydrogen-bond donors (Lipinski definition) is 1. The van der Waals surface area contributed by atoms with Gasteiger partial charge in [-0.2, -0.15) is 0 Å². The van der Waals surface area contributed by atoms with Gasteiger partial charge in [0.05, 0.1) is 5.97 Å². The zero-order valence-corrected chi connectivity index (χ0v) is 11.3. The van der Waals surface area contributed by atoms with Gasteiger partial charge >= 0.3 is 0 Å². The van der Waals surface area contributed by atoms with E-state index >= 15 is 0 Å². The Morgan fingerprint density at radius 1 is 1.15 bits per heavy atom. The summed E-state index contributed by atoms with van der Waals surface area (Å²) in [5, 5.41) is 23.8. The maximum atomic E-state index is 11.8. The zero-order valence-electron chi connectivity index (χ0n) is 11.3. The fourth-order valence-corrected chi connectivity index (χ4v) is 1.82. The minimum absolute atomic E-state index is 0.0173. The SMILES string of the molecule is CC(C)(CC(=O)[O-])CC(=O)Nc1cccc(C(=O)[O-])c1. The van der Waals surface area contributed by atoms with Gasteiger partial charge in [-0.3, -0.25) is 4.79 Å². The monoisotopic (exact) mass is 277 g/mol. The van der Waals surface area contributed by atoms with E-state index in [1.165, 1.54) is 24.3 Å². The predicted molar refractivity (Wildman–Crippen MR) is 67.4 cm³/mol. The van der Waals surface area contributed by atoms with Gasteiger partial charge in [-0.1, -0.05) is 26.0 Å². The first-order chi connectivity index (χ1) is 9.19. The lowest BCUT2D eigenvalue weighted by molar-refractivity contribution is -0.307. The second-order valence-electron chi connectivity index (χ2n) is 5.31. The number of aliphatic carboxylic acids is 1. The quantitative estimate of drug-likeness (QED) is 0.757. The molecule has 0 radical (unpaired) electrons. The van der Waals surface area contributed by atoms with Crippen LogP contribution in [0.1, 0.15) is 37.0 Å². The summed E-state index contributed by atoms with van der Waals surface area (Å²) in [6.45, 7) is 3.28. The Morgan fingerprint density at radius 3 is 2.35 bits per heavy atom. The highest BCUT2D eigenvalue weighted by atomic mass is 16.4. The Bertz CT molecular complexity index is 536. The number of carbonyl (C=O) groups is 3. The van der Waals surface area contributed by atoms with Gasteiger partial charge in [0.2, 0.25) is 5.91 Å². The van der Waals surface area contributed by atoms with Crippen LogP contribution in [-0.4, -0.2) is 17.8 Å². The van der Waals surface area contributed by atoms with E-state index in [1.54, 1.807) is 13.8 Å². The van der Waals surface area contributed by atoms with E-state index in [9.17, 15) is 24.6 Å². The van der Waals surface area contributed by atoms with Crippen LogP contribution in [-0.2, 0) is 9.59 Å². The molecule has 0 atom stereocenters. The highest BCUT2D eigenvalue weighted by molar-refractivity contribution is 5.93. The summed E-state index contributed by atoms with van der Waals surface area (Å²) < 4.78 is 0. The van der Waals surface area contributed by atoms with Gasteiger partial charge in [0, 0.05) is 18.1 Å². The molecule has 0 fully saturated rings. The summed E-state index contributed by atoms with van der Waals surface area (Å²) in [6.07, 6.45) is -0.254. The van der Waals surface area contributed by atoms with E-state index in [4.69, 9.17) is 0 Å². The van der Waals surface area contributed by atoms with Crippen LogP contribution < -0.4 is 15.5 Å². The van der Waals surface area contributed by atoms with Gasteiger partial charge in [0.25, 0.3) is 0 Å². The molecule has 0 spiro atoms. The van der Waals surface area contributed by atoms with Gasteiger partial charge in [-0.25, -0.2) is 0 Å². The van der Waals surface area contributed by atoms with Crippen molar-refractivity contribution in [2.24, 2.45) is 5.41 Å². The molecule has 0 aliphatic carbocycles. The second-order valence-corrected chi connectivity index (χ2v) is 5.31. The first-order valence-corrected chi connectivity index (χ1v) is 6.01. The van der Waals surface area contributed by atoms with Crippen LogP contribution in [0.4, 0.5) is 5.69 Å². The van der Waals surface area contributed by atoms with E-state index in [0.29, 0.717) is 5.69 Å². The molecule has 1 aromatic carbocycles. The van der Waals surface area contributed by atoms with Crippen LogP contribution >= 0.6 is 0 Å². The summed E-state index contributed by atoms with van der Waals surface area (Å²) in [5.74, 6) is -2.95. The second kappa shape index (κ2) is 6.18. The van der Waals surface area contributed by atoms with Crippen LogP contribution in [0.2, 0.25) is 0 Å². The molecule has 1 rings (SSSR count). The number of carbonyl (C=O) groups excluding carboxylic acids is 3. The molecule has 0 unspecified atom stereocenters. The van der Waals surface area contributed by atoms with E-state index in [2.05, 4.69) is 5.32 Å². The van der Waals surface area contributed by atoms with Gasteiger partial charge in [-0.15, -0.1) is 0 Å². The summed E-state index contributed by atoms with van der Waals surface area (Å²) in [6, 6.07) is 5.65. The number of amides is 1. The van der Waals surface area contributed by atoms with Crippen molar-refractivity contribution in [3.63, 3.8) is 0 Å². The molecule has 0 saturated carbocycles. The third-order valence-electron chi connectivity index (χ3n) is 2.64. The molecule has 20 heavy (non-hydrogen) atoms. The maximum absolute atomic E-state index is 11.8. The van der Waals surface area contributed by atoms with Gasteiger partial charge in [-0.05, 0) is 29.5 Å². The largest absolute Gasteiger partial charge is 0.550 e. The Balaban J connectivity index is 2.69. The molecule has 6 nitrogen and oxygen atoms in total. The first kappa shape index (κ1) is 15.7. The van der Waals surface area contributed by atoms with Crippen molar-refractivity contribution in [2.45, 2.75) is 26.7 Å². The molecular formula is C14H15NO5-2. The molecule has 0 aromatic heterocycles. The number of nitrogens with one attached hydrogen (secondary N) is 1. The average molecular weight is 277 g/mol. The third-order valence-corrected chi connectivity index (χ3v) is 2.64. The minimum atomic E-state index is -1.33. The molecule has 0 bridgehead atoms. The van der Waals surface area contributed by atoms with Gasteiger partial charge in [0.1, 0.15) is 0 Å². The first-order valence-electron chi connectivity index (χ1n) is 6.01. The van der Waals surface area contributed by atoms with Crippen molar-refractivity contribution >= 4 is 23.5 Å². The highest BCUT2D eigenvalue weighted by Gasteiger charge is 2.22. The zero-order chi connectivity index (χ0) is 15.3. The van der Waals surface area contributed by atoms with Crippen LogP contribution in [0.5, 0.6) is 0 Å². The van der Waals surface area contributed by atoms with Gasteiger partial charge in [0.15, 0.2) is 0 Å². The van der Waals surface area contributed by atoms with Crippen molar-refractivity contribution in [1.82, 2.24) is 0 Å². The number of rotatable bonds is 6. The molecule has 1 aromatic rings. The number of anilines is 1. The molecule has 0 aliphatic rings. The molecule has 108 valence electrons. The van der Waals surface area contributed by atoms with E-state index in [-0.39, 0.29) is 18.4 Å². The molecule has 1 amide bonds. The molecular weight excluding hydrogens is 262 g/mol. The van der Waals surface area contributed by atoms with Crippen LogP contribution in [0.25, 0.3) is 0 Å². The fraction of sp³-hybridized carbons (Fsp3) is 0.357. The van der Waals surface area contributed by atoms with E-state index < -0.39 is 23.3 Å². The van der Waals surface area contributed by atoms with E-state index in [0.717, 1.165) is 0 Å². The Morgan fingerprint density at radius 2 is 1.80 bits per heavy atom. The number of carboxylic acid groups (broad SMARTS) is 2. The normalized spacial score (nSPS) is 10.9. The van der Waals surface area contributed by atoms with Crippen molar-refractivity contribution in [2.75, 3.05) is 5.32 Å². The standard InChI is InChI=1S/C14H17NO5/c1-14(2,8-12(17)18)7-11(16)15-10-5-3-4-9(6-10)13(19)20/h3-6H,7-8H2,1-2H3,(H,15,16)(H,17,18)(H,19,20)/p-2. The lowest BCUT2D eigenvalue weighted by Gasteiger charge is -2.24. The van der Waals surface area contributed by atoms with Crippen molar-refractivity contribution in [3.8, 4) is 0 Å². The lowest BCUT2D eigenvalue weighted by Crippen LogP contribution is -2.31. The fourth-order valence-electron chi connectivity index (χ4n) is 1.82. The summed E-state index contributed by atoms with van der Waals surface area (Å²) >= 11 is 0. The van der Waals surface area contributed by atoms with Crippen molar-refractivity contribution in [1.29, 1.82) is 0 Å². The van der Waals surface area contributed by atoms with Crippen molar-refractivity contribution in [3.05, 3.63) is 29.8 Å². The number of benzene rings is 1.